The highest BCUT2D eigenvalue weighted by atomic mass is 16.5. The first-order chi connectivity index (χ1) is 8.93. The maximum Gasteiger partial charge on any atom is 0.492 e. The number of benzene rings is 1. The van der Waals surface area contributed by atoms with Crippen LogP contribution in [0.15, 0.2) is 18.2 Å². The molecule has 0 aliphatic carbocycles. The van der Waals surface area contributed by atoms with E-state index in [4.69, 9.17) is 9.47 Å². The quantitative estimate of drug-likeness (QED) is 0.731. The third-order valence-corrected chi connectivity index (χ3v) is 2.91. The minimum absolute atomic E-state index is 0.185. The minimum atomic E-state index is -1.54. The van der Waals surface area contributed by atoms with E-state index in [2.05, 4.69) is 13.8 Å². The zero-order valence-electron chi connectivity index (χ0n) is 12.1. The van der Waals surface area contributed by atoms with Gasteiger partial charge in [-0.15, -0.1) is 0 Å². The molecule has 19 heavy (non-hydrogen) atoms. The highest BCUT2D eigenvalue weighted by molar-refractivity contribution is 6.59. The zero-order valence-corrected chi connectivity index (χ0v) is 12.1. The average molecular weight is 266 g/mol. The second kappa shape index (κ2) is 7.53. The fourth-order valence-corrected chi connectivity index (χ4v) is 2.05. The summed E-state index contributed by atoms with van der Waals surface area (Å²) < 4.78 is 10.8. The summed E-state index contributed by atoms with van der Waals surface area (Å²) in [5.41, 5.74) is 1.26. The van der Waals surface area contributed by atoms with Crippen LogP contribution in [0.2, 0.25) is 0 Å². The van der Waals surface area contributed by atoms with Gasteiger partial charge in [-0.05, 0) is 30.9 Å². The molecule has 0 radical (unpaired) electrons. The molecule has 0 aliphatic rings. The highest BCUT2D eigenvalue weighted by Gasteiger charge is 2.17. The van der Waals surface area contributed by atoms with Crippen molar-refractivity contribution in [3.05, 3.63) is 23.8 Å². The number of methoxy groups -OCH3 is 1. The van der Waals surface area contributed by atoms with Gasteiger partial charge in [0.15, 0.2) is 0 Å². The molecule has 0 bridgehead atoms. The molecule has 0 aliphatic heterocycles. The van der Waals surface area contributed by atoms with Gasteiger partial charge in [0.2, 0.25) is 0 Å². The van der Waals surface area contributed by atoms with Crippen LogP contribution in [-0.4, -0.2) is 30.4 Å². The van der Waals surface area contributed by atoms with Crippen molar-refractivity contribution in [2.75, 3.05) is 7.11 Å². The number of ether oxygens (including phenoxy) is 2. The van der Waals surface area contributed by atoms with E-state index < -0.39 is 7.12 Å². The summed E-state index contributed by atoms with van der Waals surface area (Å²) in [7, 11) is -0.0368. The molecule has 0 fully saturated rings. The molecule has 1 aromatic rings. The van der Waals surface area contributed by atoms with E-state index >= 15 is 0 Å². The molecule has 0 aromatic heterocycles. The summed E-state index contributed by atoms with van der Waals surface area (Å²) >= 11 is 0. The first-order valence-corrected chi connectivity index (χ1v) is 6.58. The Labute approximate surface area is 115 Å². The Morgan fingerprint density at radius 2 is 1.89 bits per heavy atom. The van der Waals surface area contributed by atoms with Gasteiger partial charge in [-0.25, -0.2) is 0 Å². The molecule has 0 amide bonds. The number of hydrogen-bond acceptors (Lipinski definition) is 4. The van der Waals surface area contributed by atoms with Crippen molar-refractivity contribution in [1.82, 2.24) is 0 Å². The molecule has 1 aromatic carbocycles. The Kier molecular flexibility index (Phi) is 6.35. The van der Waals surface area contributed by atoms with E-state index in [0.717, 1.165) is 12.0 Å². The van der Waals surface area contributed by atoms with E-state index in [1.807, 2.05) is 13.0 Å². The lowest BCUT2D eigenvalue weighted by atomic mass is 9.79. The van der Waals surface area contributed by atoms with Crippen LogP contribution < -0.4 is 10.2 Å². The Balaban J connectivity index is 2.67. The Morgan fingerprint density at radius 1 is 1.21 bits per heavy atom. The van der Waals surface area contributed by atoms with Crippen LogP contribution in [0.4, 0.5) is 0 Å². The Hall–Kier alpha value is -1.04. The molecular weight excluding hydrogens is 243 g/mol. The molecule has 0 saturated heterocycles. The number of hydrogen-bond donors (Lipinski definition) is 2. The predicted octanol–water partition coefficient (Wildman–Crippen LogP) is 1.33. The van der Waals surface area contributed by atoms with Crippen molar-refractivity contribution in [1.29, 1.82) is 0 Å². The van der Waals surface area contributed by atoms with E-state index in [-0.39, 0.29) is 6.10 Å². The highest BCUT2D eigenvalue weighted by Crippen LogP contribution is 2.13. The first kappa shape index (κ1) is 16.0. The van der Waals surface area contributed by atoms with Crippen molar-refractivity contribution >= 4 is 12.6 Å². The molecule has 0 heterocycles. The van der Waals surface area contributed by atoms with E-state index in [9.17, 15) is 10.0 Å². The van der Waals surface area contributed by atoms with Gasteiger partial charge >= 0.3 is 7.12 Å². The van der Waals surface area contributed by atoms with Crippen molar-refractivity contribution in [3.8, 4) is 5.75 Å². The second-order valence-electron chi connectivity index (χ2n) is 5.20. The van der Waals surface area contributed by atoms with Crippen LogP contribution in [0.3, 0.4) is 0 Å². The normalized spacial score (nSPS) is 12.6. The fraction of sp³-hybridized carbons (Fsp3) is 0.571. The summed E-state index contributed by atoms with van der Waals surface area (Å²) in [4.78, 5) is 0. The Bertz CT molecular complexity index is 393. The fourth-order valence-electron chi connectivity index (χ4n) is 2.05. The molecule has 5 heteroatoms. The summed E-state index contributed by atoms with van der Waals surface area (Å²) in [6.45, 7) is 6.82. The summed E-state index contributed by atoms with van der Waals surface area (Å²) in [5, 5.41) is 18.6. The van der Waals surface area contributed by atoms with Crippen LogP contribution in [0.1, 0.15) is 32.8 Å². The van der Waals surface area contributed by atoms with Gasteiger partial charge < -0.3 is 19.5 Å². The van der Waals surface area contributed by atoms with Gasteiger partial charge in [-0.3, -0.25) is 0 Å². The molecule has 1 atom stereocenters. The number of rotatable bonds is 7. The molecule has 4 nitrogen and oxygen atoms in total. The van der Waals surface area contributed by atoms with Crippen molar-refractivity contribution in [2.24, 2.45) is 5.92 Å². The third-order valence-electron chi connectivity index (χ3n) is 2.91. The van der Waals surface area contributed by atoms with Crippen molar-refractivity contribution in [2.45, 2.75) is 39.9 Å². The predicted molar refractivity (Wildman–Crippen MR) is 76.5 cm³/mol. The van der Waals surface area contributed by atoms with Crippen molar-refractivity contribution in [3.63, 3.8) is 0 Å². The first-order valence-electron chi connectivity index (χ1n) is 6.58. The smallest absolute Gasteiger partial charge is 0.492 e. The lowest BCUT2D eigenvalue weighted by Crippen LogP contribution is -2.31. The Morgan fingerprint density at radius 3 is 2.42 bits per heavy atom. The van der Waals surface area contributed by atoms with Crippen LogP contribution in [0.25, 0.3) is 0 Å². The SMILES string of the molecule is COc1ccc(COC(C)CC(C)C)cc1B(O)O. The maximum absolute atomic E-state index is 9.29. The van der Waals surface area contributed by atoms with Crippen LogP contribution in [0, 0.1) is 5.92 Å². The van der Waals surface area contributed by atoms with E-state index in [1.165, 1.54) is 7.11 Å². The van der Waals surface area contributed by atoms with Gasteiger partial charge in [-0.2, -0.15) is 0 Å². The van der Waals surface area contributed by atoms with Gasteiger partial charge in [0, 0.05) is 5.46 Å². The van der Waals surface area contributed by atoms with Crippen LogP contribution in [0.5, 0.6) is 5.75 Å². The lowest BCUT2D eigenvalue weighted by molar-refractivity contribution is 0.0397. The lowest BCUT2D eigenvalue weighted by Gasteiger charge is -2.16. The average Bonchev–Trinajstić information content (AvgIpc) is 2.35. The summed E-state index contributed by atoms with van der Waals surface area (Å²) in [6.07, 6.45) is 1.19. The molecule has 106 valence electrons. The standard InChI is InChI=1S/C14H23BO4/c1-10(2)7-11(3)19-9-12-5-6-14(18-4)13(8-12)15(16)17/h5-6,8,10-11,16-17H,7,9H2,1-4H3. The largest absolute Gasteiger partial charge is 0.497 e. The molecule has 0 saturated carbocycles. The van der Waals surface area contributed by atoms with Crippen LogP contribution in [-0.2, 0) is 11.3 Å². The van der Waals surface area contributed by atoms with E-state index in [0.29, 0.717) is 23.7 Å². The van der Waals surface area contributed by atoms with Gasteiger partial charge in [0.25, 0.3) is 0 Å². The zero-order chi connectivity index (χ0) is 14.4. The monoisotopic (exact) mass is 266 g/mol. The molecule has 1 unspecified atom stereocenters. The van der Waals surface area contributed by atoms with E-state index in [1.54, 1.807) is 12.1 Å². The molecule has 0 spiro atoms. The second-order valence-corrected chi connectivity index (χ2v) is 5.20. The molecule has 1 rings (SSSR count). The van der Waals surface area contributed by atoms with Crippen LogP contribution >= 0.6 is 0 Å². The summed E-state index contributed by atoms with van der Waals surface area (Å²) in [5.74, 6) is 1.06. The summed E-state index contributed by atoms with van der Waals surface area (Å²) in [6, 6.07) is 5.29. The third kappa shape index (κ3) is 5.23. The van der Waals surface area contributed by atoms with Gasteiger partial charge in [0.1, 0.15) is 5.75 Å². The van der Waals surface area contributed by atoms with Crippen molar-refractivity contribution < 1.29 is 19.5 Å². The molecule has 2 N–H and O–H groups in total. The van der Waals surface area contributed by atoms with Gasteiger partial charge in [0.05, 0.1) is 19.8 Å². The van der Waals surface area contributed by atoms with Gasteiger partial charge in [-0.1, -0.05) is 26.0 Å². The minimum Gasteiger partial charge on any atom is -0.497 e. The maximum atomic E-state index is 9.29. The molecular formula is C14H23BO4. The topological polar surface area (TPSA) is 58.9 Å².